The highest BCUT2D eigenvalue weighted by atomic mass is 35.5. The third-order valence-corrected chi connectivity index (χ3v) is 8.80. The number of nitrogens with zero attached hydrogens (tertiary/aromatic N) is 5. The standard InChI is InChI=1S/C23H25ClN6O3S2/c24-18-2-1-17-7-9-29(21(17)15-18)10-8-22(31)30-13-11-28(12-14-30)19-3-5-20(6-4-19)35(32,33)27-23-25-16-26-34-23/h1-3,5,7,9,15-16H,4,6,8,10-14H2,(H,25,26,27). The number of hydrogen-bond donors (Lipinski definition) is 1. The van der Waals surface area contributed by atoms with E-state index >= 15 is 0 Å². The predicted molar refractivity (Wildman–Crippen MR) is 138 cm³/mol. The number of benzene rings is 1. The Balaban J connectivity index is 1.14. The second kappa shape index (κ2) is 10.00. The summed E-state index contributed by atoms with van der Waals surface area (Å²) in [6, 6.07) is 7.81. The summed E-state index contributed by atoms with van der Waals surface area (Å²) < 4.78 is 33.5. The molecule has 12 heteroatoms. The molecule has 1 N–H and O–H groups in total. The average molecular weight is 533 g/mol. The predicted octanol–water partition coefficient (Wildman–Crippen LogP) is 3.68. The van der Waals surface area contributed by atoms with Crippen molar-refractivity contribution in [2.45, 2.75) is 25.8 Å². The molecule has 2 aliphatic rings. The van der Waals surface area contributed by atoms with Gasteiger partial charge in [-0.05, 0) is 48.6 Å². The van der Waals surface area contributed by atoms with Crippen LogP contribution in [-0.2, 0) is 21.4 Å². The van der Waals surface area contributed by atoms with E-state index in [0.717, 1.165) is 41.2 Å². The molecule has 1 aliphatic heterocycles. The summed E-state index contributed by atoms with van der Waals surface area (Å²) in [6.45, 7) is 3.39. The molecule has 35 heavy (non-hydrogen) atoms. The molecular weight excluding hydrogens is 508 g/mol. The lowest BCUT2D eigenvalue weighted by atomic mass is 10.1. The number of aromatic nitrogens is 3. The van der Waals surface area contributed by atoms with Gasteiger partial charge in [0.1, 0.15) is 6.33 Å². The Labute approximate surface area is 212 Å². The normalized spacial score (nSPS) is 16.8. The summed E-state index contributed by atoms with van der Waals surface area (Å²) in [5.74, 6) is 0.141. The van der Waals surface area contributed by atoms with Gasteiger partial charge in [-0.3, -0.25) is 9.52 Å². The molecular formula is C23H25ClN6O3S2. The SMILES string of the molecule is O=C(CCn1ccc2ccc(Cl)cc21)N1CCN(C2=CC=C(S(=O)(=O)Nc3ncns3)CC2)CC1. The zero-order chi connectivity index (χ0) is 24.4. The van der Waals surface area contributed by atoms with E-state index in [1.54, 1.807) is 6.08 Å². The van der Waals surface area contributed by atoms with Gasteiger partial charge in [-0.25, -0.2) is 13.4 Å². The summed E-state index contributed by atoms with van der Waals surface area (Å²) >= 11 is 7.13. The van der Waals surface area contributed by atoms with Crippen LogP contribution in [-0.4, -0.2) is 64.2 Å². The van der Waals surface area contributed by atoms with Crippen LogP contribution >= 0.6 is 23.1 Å². The first-order valence-corrected chi connectivity index (χ1v) is 14.0. The summed E-state index contributed by atoms with van der Waals surface area (Å²) in [6.07, 6.45) is 8.34. The van der Waals surface area contributed by atoms with Crippen molar-refractivity contribution in [2.75, 3.05) is 30.9 Å². The Hall–Kier alpha value is -2.89. The summed E-state index contributed by atoms with van der Waals surface area (Å²) in [4.78, 5) is 21.2. The number of nitrogens with one attached hydrogen (secondary N) is 1. The van der Waals surface area contributed by atoms with E-state index in [1.165, 1.54) is 6.33 Å². The van der Waals surface area contributed by atoms with Crippen molar-refractivity contribution in [2.24, 2.45) is 0 Å². The number of fused-ring (bicyclic) bond motifs is 1. The lowest BCUT2D eigenvalue weighted by Gasteiger charge is -2.38. The molecule has 1 fully saturated rings. The number of amides is 1. The first kappa shape index (κ1) is 23.8. The van der Waals surface area contributed by atoms with Gasteiger partial charge in [0, 0.05) is 73.1 Å². The van der Waals surface area contributed by atoms with Gasteiger partial charge in [-0.1, -0.05) is 17.7 Å². The number of carbonyl (C=O) groups is 1. The van der Waals surface area contributed by atoms with Gasteiger partial charge in [-0.15, -0.1) is 0 Å². The second-order valence-corrected chi connectivity index (χ2v) is 11.4. The summed E-state index contributed by atoms with van der Waals surface area (Å²) in [5.41, 5.74) is 2.13. The zero-order valence-electron chi connectivity index (χ0n) is 18.9. The van der Waals surface area contributed by atoms with Gasteiger partial charge in [0.2, 0.25) is 11.0 Å². The molecule has 0 saturated carbocycles. The van der Waals surface area contributed by atoms with Crippen LogP contribution in [0.15, 0.2) is 59.5 Å². The third kappa shape index (κ3) is 5.36. The number of piperazine rings is 1. The van der Waals surface area contributed by atoms with Crippen molar-refractivity contribution in [1.82, 2.24) is 23.7 Å². The maximum Gasteiger partial charge on any atom is 0.259 e. The van der Waals surface area contributed by atoms with Gasteiger partial charge >= 0.3 is 0 Å². The maximum absolute atomic E-state index is 12.8. The van der Waals surface area contributed by atoms with Crippen LogP contribution in [0.5, 0.6) is 0 Å². The molecule has 5 rings (SSSR count). The Morgan fingerprint density at radius 3 is 2.66 bits per heavy atom. The average Bonchev–Trinajstić information content (AvgIpc) is 3.52. The Morgan fingerprint density at radius 2 is 1.94 bits per heavy atom. The van der Waals surface area contributed by atoms with Crippen molar-refractivity contribution < 1.29 is 13.2 Å². The number of allylic oxidation sites excluding steroid dienone is 4. The van der Waals surface area contributed by atoms with Crippen molar-refractivity contribution in [3.8, 4) is 0 Å². The fourth-order valence-corrected chi connectivity index (χ4v) is 6.43. The molecule has 9 nitrogen and oxygen atoms in total. The minimum absolute atomic E-state index is 0.141. The van der Waals surface area contributed by atoms with Crippen molar-refractivity contribution in [3.63, 3.8) is 0 Å². The van der Waals surface area contributed by atoms with Crippen LogP contribution in [0.3, 0.4) is 0 Å². The quantitative estimate of drug-likeness (QED) is 0.498. The number of hydrogen-bond acceptors (Lipinski definition) is 7. The van der Waals surface area contributed by atoms with Gasteiger partial charge < -0.3 is 14.4 Å². The number of anilines is 1. The van der Waals surface area contributed by atoms with E-state index in [4.69, 9.17) is 11.6 Å². The minimum Gasteiger partial charge on any atom is -0.371 e. The first-order chi connectivity index (χ1) is 16.9. The number of sulfonamides is 1. The fraction of sp³-hybridized carbons (Fsp3) is 0.348. The largest absolute Gasteiger partial charge is 0.371 e. The Bertz CT molecular complexity index is 1390. The van der Waals surface area contributed by atoms with Crippen LogP contribution in [0.2, 0.25) is 5.02 Å². The highest BCUT2D eigenvalue weighted by Gasteiger charge is 2.26. The number of aryl methyl sites for hydroxylation is 1. The van der Waals surface area contributed by atoms with E-state index in [9.17, 15) is 13.2 Å². The topological polar surface area (TPSA) is 100 Å². The molecule has 184 valence electrons. The van der Waals surface area contributed by atoms with E-state index in [0.29, 0.717) is 48.8 Å². The molecule has 1 aromatic carbocycles. The molecule has 0 bridgehead atoms. The van der Waals surface area contributed by atoms with Gasteiger partial charge in [0.05, 0.1) is 4.91 Å². The van der Waals surface area contributed by atoms with Crippen LogP contribution in [0.25, 0.3) is 10.9 Å². The maximum atomic E-state index is 12.8. The van der Waals surface area contributed by atoms with E-state index in [-0.39, 0.29) is 11.0 Å². The lowest BCUT2D eigenvalue weighted by Crippen LogP contribution is -2.48. The molecule has 0 unspecified atom stereocenters. The van der Waals surface area contributed by atoms with Crippen molar-refractivity contribution in [3.05, 3.63) is 64.6 Å². The second-order valence-electron chi connectivity index (χ2n) is 8.47. The first-order valence-electron chi connectivity index (χ1n) is 11.4. The molecule has 2 aromatic heterocycles. The van der Waals surface area contributed by atoms with E-state index < -0.39 is 10.0 Å². The smallest absolute Gasteiger partial charge is 0.259 e. The number of rotatable bonds is 7. The molecule has 3 heterocycles. The highest BCUT2D eigenvalue weighted by Crippen LogP contribution is 2.27. The molecule has 0 atom stereocenters. The van der Waals surface area contributed by atoms with Gasteiger partial charge in [-0.2, -0.15) is 4.37 Å². The lowest BCUT2D eigenvalue weighted by molar-refractivity contribution is -0.132. The summed E-state index contributed by atoms with van der Waals surface area (Å²) in [5, 5.41) is 2.05. The monoisotopic (exact) mass is 532 g/mol. The van der Waals surface area contributed by atoms with Gasteiger partial charge in [0.15, 0.2) is 0 Å². The van der Waals surface area contributed by atoms with Crippen LogP contribution in [0.4, 0.5) is 5.13 Å². The zero-order valence-corrected chi connectivity index (χ0v) is 21.3. The van der Waals surface area contributed by atoms with E-state index in [2.05, 4.69) is 23.5 Å². The number of carbonyl (C=O) groups excluding carboxylic acids is 1. The Morgan fingerprint density at radius 1 is 1.11 bits per heavy atom. The molecule has 0 radical (unpaired) electrons. The molecule has 1 amide bonds. The van der Waals surface area contributed by atoms with Crippen LogP contribution in [0, 0.1) is 0 Å². The summed E-state index contributed by atoms with van der Waals surface area (Å²) in [7, 11) is -3.63. The Kier molecular flexibility index (Phi) is 6.81. The molecule has 0 spiro atoms. The van der Waals surface area contributed by atoms with Gasteiger partial charge in [0.25, 0.3) is 10.0 Å². The highest BCUT2D eigenvalue weighted by molar-refractivity contribution is 7.96. The van der Waals surface area contributed by atoms with Crippen molar-refractivity contribution in [1.29, 1.82) is 0 Å². The third-order valence-electron chi connectivity index (χ3n) is 6.36. The molecule has 1 saturated heterocycles. The van der Waals surface area contributed by atoms with Crippen molar-refractivity contribution >= 4 is 55.1 Å². The molecule has 1 aliphatic carbocycles. The minimum atomic E-state index is -3.63. The van der Waals surface area contributed by atoms with Crippen LogP contribution < -0.4 is 4.72 Å². The number of halogens is 1. The molecule has 3 aromatic rings. The fourth-order valence-electron chi connectivity index (χ4n) is 4.46. The van der Waals surface area contributed by atoms with E-state index in [1.807, 2.05) is 41.4 Å². The van der Waals surface area contributed by atoms with Crippen LogP contribution in [0.1, 0.15) is 19.3 Å².